The van der Waals surface area contributed by atoms with Gasteiger partial charge in [0.1, 0.15) is 11.6 Å². The molecule has 1 aliphatic heterocycles. The van der Waals surface area contributed by atoms with Crippen molar-refractivity contribution in [3.8, 4) is 17.1 Å². The first-order chi connectivity index (χ1) is 14.7. The number of carbonyl (C=O) groups excluding carboxylic acids is 1. The number of nitrogens with one attached hydrogen (secondary N) is 2. The molecule has 3 aromatic rings. The Labute approximate surface area is 176 Å². The molecular weight excluding hydrogens is 378 g/mol. The molecular formula is C23H27N5O2. The van der Waals surface area contributed by atoms with Gasteiger partial charge in [-0.15, -0.1) is 0 Å². The molecule has 1 saturated heterocycles. The summed E-state index contributed by atoms with van der Waals surface area (Å²) in [6.07, 6.45) is 2.80. The number of urea groups is 1. The molecule has 2 heterocycles. The van der Waals surface area contributed by atoms with E-state index in [1.807, 2.05) is 59.5 Å². The van der Waals surface area contributed by atoms with Crippen molar-refractivity contribution in [1.82, 2.24) is 25.4 Å². The summed E-state index contributed by atoms with van der Waals surface area (Å²) in [5, 5.41) is 10.4. The van der Waals surface area contributed by atoms with Gasteiger partial charge < -0.3 is 15.0 Å². The number of aromatic nitrogens is 3. The molecule has 4 rings (SSSR count). The highest BCUT2D eigenvalue weighted by molar-refractivity contribution is 5.74. The number of benzene rings is 2. The zero-order valence-corrected chi connectivity index (χ0v) is 17.2. The number of carbonyl (C=O) groups is 1. The Balaban J connectivity index is 1.22. The smallest absolute Gasteiger partial charge is 0.317 e. The molecule has 0 aliphatic carbocycles. The second-order valence-corrected chi connectivity index (χ2v) is 7.61. The SMILES string of the molecule is COc1ccc(CNC(=O)N2CCC(Cc3nc(-c4ccccc4)n[nH]3)CC2)cc1. The predicted molar refractivity (Wildman–Crippen MR) is 115 cm³/mol. The minimum Gasteiger partial charge on any atom is -0.497 e. The van der Waals surface area contributed by atoms with Gasteiger partial charge >= 0.3 is 6.03 Å². The second-order valence-electron chi connectivity index (χ2n) is 7.61. The lowest BCUT2D eigenvalue weighted by atomic mass is 9.93. The van der Waals surface area contributed by atoms with E-state index >= 15 is 0 Å². The normalized spacial score (nSPS) is 14.5. The van der Waals surface area contributed by atoms with Gasteiger partial charge in [0.15, 0.2) is 5.82 Å². The molecule has 0 unspecified atom stereocenters. The van der Waals surface area contributed by atoms with Crippen LogP contribution in [0.5, 0.6) is 5.75 Å². The summed E-state index contributed by atoms with van der Waals surface area (Å²) in [6.45, 7) is 2.04. The number of amides is 2. The van der Waals surface area contributed by atoms with Crippen LogP contribution >= 0.6 is 0 Å². The fraction of sp³-hybridized carbons (Fsp3) is 0.348. The number of nitrogens with zero attached hydrogens (tertiary/aromatic N) is 3. The van der Waals surface area contributed by atoms with Crippen molar-refractivity contribution < 1.29 is 9.53 Å². The van der Waals surface area contributed by atoms with E-state index in [1.54, 1.807) is 7.11 Å². The molecule has 156 valence electrons. The average Bonchev–Trinajstić information content (AvgIpc) is 3.27. The number of aromatic amines is 1. The van der Waals surface area contributed by atoms with E-state index in [9.17, 15) is 4.79 Å². The largest absolute Gasteiger partial charge is 0.497 e. The molecule has 1 fully saturated rings. The van der Waals surface area contributed by atoms with E-state index in [0.717, 1.165) is 60.9 Å². The maximum absolute atomic E-state index is 12.5. The molecule has 1 aromatic heterocycles. The monoisotopic (exact) mass is 405 g/mol. The predicted octanol–water partition coefficient (Wildman–Crippen LogP) is 3.64. The van der Waals surface area contributed by atoms with Gasteiger partial charge in [-0.2, -0.15) is 5.10 Å². The lowest BCUT2D eigenvalue weighted by Crippen LogP contribution is -2.44. The quantitative estimate of drug-likeness (QED) is 0.656. The van der Waals surface area contributed by atoms with Gasteiger partial charge in [0.25, 0.3) is 0 Å². The van der Waals surface area contributed by atoms with Crippen molar-refractivity contribution in [2.75, 3.05) is 20.2 Å². The van der Waals surface area contributed by atoms with Gasteiger partial charge in [-0.3, -0.25) is 5.10 Å². The first kappa shape index (κ1) is 19.9. The van der Waals surface area contributed by atoms with E-state index in [2.05, 4.69) is 20.5 Å². The van der Waals surface area contributed by atoms with Crippen LogP contribution in [0.25, 0.3) is 11.4 Å². The number of H-pyrrole nitrogens is 1. The summed E-state index contributed by atoms with van der Waals surface area (Å²) in [5.41, 5.74) is 2.07. The van der Waals surface area contributed by atoms with E-state index in [0.29, 0.717) is 12.5 Å². The number of hydrogen-bond acceptors (Lipinski definition) is 4. The van der Waals surface area contributed by atoms with Crippen LogP contribution in [-0.4, -0.2) is 46.3 Å². The Kier molecular flexibility index (Phi) is 6.27. The van der Waals surface area contributed by atoms with Gasteiger partial charge in [-0.1, -0.05) is 42.5 Å². The molecule has 2 aromatic carbocycles. The van der Waals surface area contributed by atoms with Crippen LogP contribution < -0.4 is 10.1 Å². The van der Waals surface area contributed by atoms with E-state index < -0.39 is 0 Å². The molecule has 0 radical (unpaired) electrons. The minimum absolute atomic E-state index is 0.00435. The summed E-state index contributed by atoms with van der Waals surface area (Å²) in [6, 6.07) is 17.7. The molecule has 1 aliphatic rings. The average molecular weight is 406 g/mol. The Morgan fingerprint density at radius 2 is 1.87 bits per heavy atom. The summed E-state index contributed by atoms with van der Waals surface area (Å²) >= 11 is 0. The van der Waals surface area contributed by atoms with E-state index in [1.165, 1.54) is 0 Å². The molecule has 2 amide bonds. The fourth-order valence-corrected chi connectivity index (χ4v) is 3.75. The van der Waals surface area contributed by atoms with Crippen LogP contribution in [0.2, 0.25) is 0 Å². The molecule has 7 heteroatoms. The summed E-state index contributed by atoms with van der Waals surface area (Å²) < 4.78 is 5.16. The van der Waals surface area contributed by atoms with Crippen molar-refractivity contribution >= 4 is 6.03 Å². The van der Waals surface area contributed by atoms with Crippen LogP contribution in [0.3, 0.4) is 0 Å². The summed E-state index contributed by atoms with van der Waals surface area (Å²) in [4.78, 5) is 19.0. The second kappa shape index (κ2) is 9.43. The van der Waals surface area contributed by atoms with Gasteiger partial charge in [0.2, 0.25) is 0 Å². The van der Waals surface area contributed by atoms with Gasteiger partial charge in [0.05, 0.1) is 7.11 Å². The van der Waals surface area contributed by atoms with Crippen LogP contribution in [0, 0.1) is 5.92 Å². The number of methoxy groups -OCH3 is 1. The zero-order valence-electron chi connectivity index (χ0n) is 17.2. The standard InChI is InChI=1S/C23H27N5O2/c1-30-20-9-7-18(8-10-20)16-24-23(29)28-13-11-17(12-14-28)15-21-25-22(27-26-21)19-5-3-2-4-6-19/h2-10,17H,11-16H2,1H3,(H,24,29)(H,25,26,27). The lowest BCUT2D eigenvalue weighted by Gasteiger charge is -2.31. The summed E-state index contributed by atoms with van der Waals surface area (Å²) in [7, 11) is 1.64. The zero-order chi connectivity index (χ0) is 20.8. The Bertz CT molecular complexity index is 947. The molecule has 0 spiro atoms. The highest BCUT2D eigenvalue weighted by atomic mass is 16.5. The number of rotatable bonds is 6. The summed E-state index contributed by atoms with van der Waals surface area (Å²) in [5.74, 6) is 2.97. The van der Waals surface area contributed by atoms with E-state index in [4.69, 9.17) is 4.74 Å². The third-order valence-corrected chi connectivity index (χ3v) is 5.55. The first-order valence-electron chi connectivity index (χ1n) is 10.3. The third kappa shape index (κ3) is 4.97. The van der Waals surface area contributed by atoms with Crippen LogP contribution in [0.4, 0.5) is 4.79 Å². The Hall–Kier alpha value is -3.35. The van der Waals surface area contributed by atoms with Crippen LogP contribution in [0.15, 0.2) is 54.6 Å². The van der Waals surface area contributed by atoms with Crippen molar-refractivity contribution in [3.05, 3.63) is 66.0 Å². The maximum Gasteiger partial charge on any atom is 0.317 e. The van der Waals surface area contributed by atoms with Crippen LogP contribution in [0.1, 0.15) is 24.2 Å². The number of ether oxygens (including phenoxy) is 1. The third-order valence-electron chi connectivity index (χ3n) is 5.55. The van der Waals surface area contributed by atoms with Crippen molar-refractivity contribution in [3.63, 3.8) is 0 Å². The van der Waals surface area contributed by atoms with Gasteiger partial charge in [-0.05, 0) is 36.5 Å². The molecule has 2 N–H and O–H groups in total. The molecule has 7 nitrogen and oxygen atoms in total. The number of piperidine rings is 1. The number of hydrogen-bond donors (Lipinski definition) is 2. The maximum atomic E-state index is 12.5. The molecule has 30 heavy (non-hydrogen) atoms. The molecule has 0 saturated carbocycles. The molecule has 0 atom stereocenters. The van der Waals surface area contributed by atoms with Gasteiger partial charge in [-0.25, -0.2) is 9.78 Å². The van der Waals surface area contributed by atoms with E-state index in [-0.39, 0.29) is 6.03 Å². The molecule has 0 bridgehead atoms. The highest BCUT2D eigenvalue weighted by Gasteiger charge is 2.23. The van der Waals surface area contributed by atoms with Crippen molar-refractivity contribution in [2.45, 2.75) is 25.8 Å². The Morgan fingerprint density at radius 3 is 2.57 bits per heavy atom. The highest BCUT2D eigenvalue weighted by Crippen LogP contribution is 2.22. The Morgan fingerprint density at radius 1 is 1.13 bits per heavy atom. The first-order valence-corrected chi connectivity index (χ1v) is 10.3. The minimum atomic E-state index is -0.00435. The topological polar surface area (TPSA) is 83.1 Å². The van der Waals surface area contributed by atoms with Crippen LogP contribution in [-0.2, 0) is 13.0 Å². The number of likely N-dealkylation sites (tertiary alicyclic amines) is 1. The lowest BCUT2D eigenvalue weighted by molar-refractivity contribution is 0.169. The van der Waals surface area contributed by atoms with Crippen molar-refractivity contribution in [2.24, 2.45) is 5.92 Å². The fourth-order valence-electron chi connectivity index (χ4n) is 3.75. The van der Waals surface area contributed by atoms with Crippen molar-refractivity contribution in [1.29, 1.82) is 0 Å². The van der Waals surface area contributed by atoms with Gasteiger partial charge in [0, 0.05) is 31.6 Å².